The molecule has 2 aliphatic rings. The van der Waals surface area contributed by atoms with Crippen molar-refractivity contribution in [3.63, 3.8) is 0 Å². The van der Waals surface area contributed by atoms with Gasteiger partial charge < -0.3 is 15.0 Å². The summed E-state index contributed by atoms with van der Waals surface area (Å²) in [5.74, 6) is -0.0439. The average Bonchev–Trinajstić information content (AvgIpc) is 2.56. The number of ether oxygens (including phenoxy) is 1. The summed E-state index contributed by atoms with van der Waals surface area (Å²) in [4.78, 5) is 15.1. The summed E-state index contributed by atoms with van der Waals surface area (Å²) in [5, 5.41) is 3.70. The summed E-state index contributed by atoms with van der Waals surface area (Å²) >= 11 is 6.19. The molecule has 2 aliphatic heterocycles. The maximum atomic E-state index is 12.5. The molecule has 2 heterocycles. The van der Waals surface area contributed by atoms with E-state index in [-0.39, 0.29) is 11.9 Å². The van der Waals surface area contributed by atoms with Gasteiger partial charge in [0.1, 0.15) is 0 Å². The van der Waals surface area contributed by atoms with Gasteiger partial charge in [0.2, 0.25) is 0 Å². The first-order chi connectivity index (χ1) is 11.1. The van der Waals surface area contributed by atoms with Gasteiger partial charge in [0.25, 0.3) is 5.91 Å². The van der Waals surface area contributed by atoms with Gasteiger partial charge in [0, 0.05) is 38.4 Å². The van der Waals surface area contributed by atoms with Crippen molar-refractivity contribution in [1.29, 1.82) is 0 Å². The number of hydrogen-bond acceptors (Lipinski definition) is 3. The first-order valence-corrected chi connectivity index (χ1v) is 8.90. The van der Waals surface area contributed by atoms with E-state index >= 15 is 0 Å². The van der Waals surface area contributed by atoms with Gasteiger partial charge in [-0.15, -0.1) is 0 Å². The van der Waals surface area contributed by atoms with Crippen molar-refractivity contribution in [3.8, 4) is 0 Å². The second kappa shape index (κ2) is 7.65. The molecule has 0 aliphatic carbocycles. The lowest BCUT2D eigenvalue weighted by Gasteiger charge is -2.39. The molecule has 23 heavy (non-hydrogen) atoms. The Morgan fingerprint density at radius 3 is 2.57 bits per heavy atom. The third-order valence-corrected chi connectivity index (χ3v) is 5.34. The number of carbonyl (C=O) groups excluding carboxylic acids is 1. The molecule has 0 saturated carbocycles. The number of halogens is 1. The SMILES string of the molecule is Cc1cccc(Cl)c1C(=O)NC1CCN(C2CCOCC2)CC1. The Morgan fingerprint density at radius 2 is 1.91 bits per heavy atom. The number of nitrogens with one attached hydrogen (secondary N) is 1. The fourth-order valence-electron chi connectivity index (χ4n) is 3.64. The Bertz CT molecular complexity index is 530. The second-order valence-corrected chi connectivity index (χ2v) is 6.97. The van der Waals surface area contributed by atoms with Crippen LogP contribution in [0.15, 0.2) is 18.2 Å². The molecule has 1 aromatic rings. The zero-order valence-corrected chi connectivity index (χ0v) is 14.4. The molecule has 1 aromatic carbocycles. The van der Waals surface area contributed by atoms with Crippen molar-refractivity contribution in [3.05, 3.63) is 34.3 Å². The molecule has 2 fully saturated rings. The minimum absolute atomic E-state index is 0.0439. The molecule has 0 atom stereocenters. The number of likely N-dealkylation sites (tertiary alicyclic amines) is 1. The molecule has 0 radical (unpaired) electrons. The van der Waals surface area contributed by atoms with Crippen LogP contribution in [-0.4, -0.2) is 49.2 Å². The molecular weight excluding hydrogens is 312 g/mol. The van der Waals surface area contributed by atoms with Crippen LogP contribution < -0.4 is 5.32 Å². The normalized spacial score (nSPS) is 21.3. The van der Waals surface area contributed by atoms with E-state index < -0.39 is 0 Å². The monoisotopic (exact) mass is 336 g/mol. The standard InChI is InChI=1S/C18H25ClN2O2/c1-13-3-2-4-16(19)17(13)18(22)20-14-5-9-21(10-6-14)15-7-11-23-12-8-15/h2-4,14-15H,5-12H2,1H3,(H,20,22). The Hall–Kier alpha value is -1.10. The third-order valence-electron chi connectivity index (χ3n) is 5.02. The van der Waals surface area contributed by atoms with Gasteiger partial charge in [0.05, 0.1) is 10.6 Å². The predicted molar refractivity (Wildman–Crippen MR) is 92.1 cm³/mol. The Kier molecular flexibility index (Phi) is 5.57. The molecule has 2 saturated heterocycles. The van der Waals surface area contributed by atoms with Crippen LogP contribution >= 0.6 is 11.6 Å². The lowest BCUT2D eigenvalue weighted by Crippen LogP contribution is -2.49. The van der Waals surface area contributed by atoms with E-state index in [1.54, 1.807) is 6.07 Å². The summed E-state index contributed by atoms with van der Waals surface area (Å²) in [6.07, 6.45) is 4.28. The van der Waals surface area contributed by atoms with Crippen LogP contribution in [0.2, 0.25) is 5.02 Å². The minimum atomic E-state index is -0.0439. The fraction of sp³-hybridized carbons (Fsp3) is 0.611. The van der Waals surface area contributed by atoms with E-state index in [4.69, 9.17) is 16.3 Å². The molecule has 0 unspecified atom stereocenters. The van der Waals surface area contributed by atoms with Gasteiger partial charge in [-0.3, -0.25) is 4.79 Å². The van der Waals surface area contributed by atoms with E-state index in [9.17, 15) is 4.79 Å². The number of hydrogen-bond donors (Lipinski definition) is 1. The molecule has 1 amide bonds. The molecule has 0 spiro atoms. The fourth-order valence-corrected chi connectivity index (χ4v) is 3.94. The van der Waals surface area contributed by atoms with Crippen molar-refractivity contribution in [2.45, 2.75) is 44.7 Å². The smallest absolute Gasteiger partial charge is 0.253 e. The number of nitrogens with zero attached hydrogens (tertiary/aromatic N) is 1. The van der Waals surface area contributed by atoms with Crippen LogP contribution in [0.5, 0.6) is 0 Å². The highest BCUT2D eigenvalue weighted by Gasteiger charge is 2.27. The van der Waals surface area contributed by atoms with Crippen molar-refractivity contribution < 1.29 is 9.53 Å². The zero-order chi connectivity index (χ0) is 16.2. The molecule has 0 aromatic heterocycles. The molecule has 5 heteroatoms. The lowest BCUT2D eigenvalue weighted by atomic mass is 9.99. The van der Waals surface area contributed by atoms with E-state index in [2.05, 4.69) is 10.2 Å². The Labute approximate surface area is 143 Å². The van der Waals surface area contributed by atoms with Crippen LogP contribution in [0, 0.1) is 6.92 Å². The molecule has 126 valence electrons. The number of aryl methyl sites for hydroxylation is 1. The van der Waals surface area contributed by atoms with E-state index in [0.29, 0.717) is 16.6 Å². The highest BCUT2D eigenvalue weighted by molar-refractivity contribution is 6.34. The van der Waals surface area contributed by atoms with E-state index in [1.165, 1.54) is 0 Å². The first-order valence-electron chi connectivity index (χ1n) is 8.53. The summed E-state index contributed by atoms with van der Waals surface area (Å²) in [6.45, 7) is 5.79. The topological polar surface area (TPSA) is 41.6 Å². The third kappa shape index (κ3) is 4.06. The lowest BCUT2D eigenvalue weighted by molar-refractivity contribution is 0.0238. The van der Waals surface area contributed by atoms with Gasteiger partial charge in [-0.25, -0.2) is 0 Å². The zero-order valence-electron chi connectivity index (χ0n) is 13.7. The van der Waals surface area contributed by atoms with Gasteiger partial charge >= 0.3 is 0 Å². The maximum Gasteiger partial charge on any atom is 0.253 e. The first kappa shape index (κ1) is 16.7. The second-order valence-electron chi connectivity index (χ2n) is 6.56. The highest BCUT2D eigenvalue weighted by Crippen LogP contribution is 2.22. The summed E-state index contributed by atoms with van der Waals surface area (Å²) in [7, 11) is 0. The quantitative estimate of drug-likeness (QED) is 0.922. The van der Waals surface area contributed by atoms with Gasteiger partial charge in [-0.05, 0) is 44.2 Å². The summed E-state index contributed by atoms with van der Waals surface area (Å²) in [5.41, 5.74) is 1.54. The molecule has 1 N–H and O–H groups in total. The van der Waals surface area contributed by atoms with Crippen LogP contribution in [0.1, 0.15) is 41.6 Å². The number of benzene rings is 1. The largest absolute Gasteiger partial charge is 0.381 e. The van der Waals surface area contributed by atoms with Gasteiger partial charge in [-0.2, -0.15) is 0 Å². The van der Waals surface area contributed by atoms with Crippen molar-refractivity contribution in [1.82, 2.24) is 10.2 Å². The van der Waals surface area contributed by atoms with Crippen LogP contribution in [0.25, 0.3) is 0 Å². The summed E-state index contributed by atoms with van der Waals surface area (Å²) in [6, 6.07) is 6.48. The molecule has 3 rings (SSSR count). The number of carbonyl (C=O) groups is 1. The van der Waals surface area contributed by atoms with Crippen LogP contribution in [-0.2, 0) is 4.74 Å². The Balaban J connectivity index is 1.53. The van der Waals surface area contributed by atoms with E-state index in [1.807, 2.05) is 19.1 Å². The van der Waals surface area contributed by atoms with Gasteiger partial charge in [-0.1, -0.05) is 23.7 Å². The number of amides is 1. The maximum absolute atomic E-state index is 12.5. The highest BCUT2D eigenvalue weighted by atomic mass is 35.5. The van der Waals surface area contributed by atoms with Crippen LogP contribution in [0.3, 0.4) is 0 Å². The number of piperidine rings is 1. The molecular formula is C18H25ClN2O2. The van der Waals surface area contributed by atoms with E-state index in [0.717, 1.165) is 57.6 Å². The van der Waals surface area contributed by atoms with Crippen LogP contribution in [0.4, 0.5) is 0 Å². The predicted octanol–water partition coefficient (Wildman–Crippen LogP) is 3.02. The molecule has 0 bridgehead atoms. The minimum Gasteiger partial charge on any atom is -0.381 e. The Morgan fingerprint density at radius 1 is 1.22 bits per heavy atom. The average molecular weight is 337 g/mol. The number of rotatable bonds is 3. The van der Waals surface area contributed by atoms with Crippen molar-refractivity contribution in [2.75, 3.05) is 26.3 Å². The molecule has 4 nitrogen and oxygen atoms in total. The van der Waals surface area contributed by atoms with Gasteiger partial charge in [0.15, 0.2) is 0 Å². The summed E-state index contributed by atoms with van der Waals surface area (Å²) < 4.78 is 5.44. The van der Waals surface area contributed by atoms with Crippen molar-refractivity contribution >= 4 is 17.5 Å². The van der Waals surface area contributed by atoms with Crippen molar-refractivity contribution in [2.24, 2.45) is 0 Å².